The molecule has 2 atom stereocenters. The normalized spacial score (nSPS) is 17.7. The van der Waals surface area contributed by atoms with Crippen molar-refractivity contribution in [2.75, 3.05) is 30.9 Å². The van der Waals surface area contributed by atoms with Crippen LogP contribution in [0.4, 0.5) is 10.8 Å². The van der Waals surface area contributed by atoms with Crippen molar-refractivity contribution in [1.29, 1.82) is 0 Å². The van der Waals surface area contributed by atoms with Gasteiger partial charge in [-0.1, -0.05) is 35.2 Å². The van der Waals surface area contributed by atoms with Gasteiger partial charge in [0.15, 0.2) is 4.34 Å². The molecular formula is C17H22N4O3S2. The molecule has 2 N–H and O–H groups in total. The monoisotopic (exact) mass is 394 g/mol. The minimum absolute atomic E-state index is 0.108. The number of aromatic nitrogens is 2. The Labute approximate surface area is 160 Å². The average Bonchev–Trinajstić information content (AvgIpc) is 3.32. The zero-order valence-electron chi connectivity index (χ0n) is 14.7. The summed E-state index contributed by atoms with van der Waals surface area (Å²) in [6.45, 7) is 3.42. The van der Waals surface area contributed by atoms with Crippen molar-refractivity contribution in [2.24, 2.45) is 0 Å². The number of rotatable bonds is 8. The minimum Gasteiger partial charge on any atom is -0.495 e. The van der Waals surface area contributed by atoms with Crippen molar-refractivity contribution < 1.29 is 14.3 Å². The standard InChI is InChI=1S/C17H22N4O3S2/c1-11(15(22)19-13-7-3-4-8-14(13)23-2)25-17-21-20-16(26-17)18-10-12-6-5-9-24-12/h3-4,7-8,11-12H,5-6,9-10H2,1-2H3,(H,18,20)(H,19,22)/t11-,12+/m1/s1. The van der Waals surface area contributed by atoms with Gasteiger partial charge in [-0.3, -0.25) is 4.79 Å². The Morgan fingerprint density at radius 2 is 2.31 bits per heavy atom. The second kappa shape index (κ2) is 9.20. The van der Waals surface area contributed by atoms with Crippen molar-refractivity contribution in [3.05, 3.63) is 24.3 Å². The highest BCUT2D eigenvalue weighted by molar-refractivity contribution is 8.02. The second-order valence-corrected chi connectivity index (χ2v) is 8.40. The molecule has 1 amide bonds. The van der Waals surface area contributed by atoms with Gasteiger partial charge in [-0.25, -0.2) is 0 Å². The summed E-state index contributed by atoms with van der Waals surface area (Å²) in [4.78, 5) is 12.4. The fourth-order valence-corrected chi connectivity index (χ4v) is 4.43. The van der Waals surface area contributed by atoms with Crippen LogP contribution in [-0.2, 0) is 9.53 Å². The quantitative estimate of drug-likeness (QED) is 0.665. The number of nitrogens with one attached hydrogen (secondary N) is 2. The van der Waals surface area contributed by atoms with Crippen LogP contribution in [0.3, 0.4) is 0 Å². The van der Waals surface area contributed by atoms with Gasteiger partial charge in [-0.15, -0.1) is 10.2 Å². The number of hydrogen-bond donors (Lipinski definition) is 2. The van der Waals surface area contributed by atoms with Crippen LogP contribution in [0.25, 0.3) is 0 Å². The number of nitrogens with zero attached hydrogens (tertiary/aromatic N) is 2. The number of carbonyl (C=O) groups is 1. The number of amides is 1. The van der Waals surface area contributed by atoms with Gasteiger partial charge in [0.2, 0.25) is 11.0 Å². The lowest BCUT2D eigenvalue weighted by Gasteiger charge is -2.12. The predicted molar refractivity (Wildman–Crippen MR) is 104 cm³/mol. The van der Waals surface area contributed by atoms with E-state index in [-0.39, 0.29) is 17.3 Å². The second-order valence-electron chi connectivity index (χ2n) is 5.84. The van der Waals surface area contributed by atoms with Crippen molar-refractivity contribution in [3.8, 4) is 5.75 Å². The number of benzene rings is 1. The molecule has 7 nitrogen and oxygen atoms in total. The number of anilines is 2. The maximum atomic E-state index is 12.4. The van der Waals surface area contributed by atoms with Gasteiger partial charge in [0.1, 0.15) is 5.75 Å². The van der Waals surface area contributed by atoms with Crippen LogP contribution in [0.5, 0.6) is 5.75 Å². The molecule has 0 spiro atoms. The van der Waals surface area contributed by atoms with Crippen LogP contribution in [0, 0.1) is 0 Å². The Morgan fingerprint density at radius 1 is 1.46 bits per heavy atom. The summed E-state index contributed by atoms with van der Waals surface area (Å²) >= 11 is 2.83. The van der Waals surface area contributed by atoms with E-state index in [2.05, 4.69) is 20.8 Å². The molecule has 1 aromatic heterocycles. The van der Waals surface area contributed by atoms with Crippen LogP contribution >= 0.6 is 23.1 Å². The van der Waals surface area contributed by atoms with Crippen molar-refractivity contribution in [2.45, 2.75) is 35.5 Å². The number of carbonyl (C=O) groups excluding carboxylic acids is 1. The smallest absolute Gasteiger partial charge is 0.237 e. The summed E-state index contributed by atoms with van der Waals surface area (Å²) in [5.41, 5.74) is 0.656. The molecule has 26 heavy (non-hydrogen) atoms. The van der Waals surface area contributed by atoms with Crippen LogP contribution in [0.2, 0.25) is 0 Å². The zero-order chi connectivity index (χ0) is 18.4. The van der Waals surface area contributed by atoms with E-state index < -0.39 is 0 Å². The number of thioether (sulfide) groups is 1. The Bertz CT molecular complexity index is 734. The van der Waals surface area contributed by atoms with E-state index in [0.29, 0.717) is 11.4 Å². The van der Waals surface area contributed by atoms with E-state index >= 15 is 0 Å². The van der Waals surface area contributed by atoms with E-state index in [1.807, 2.05) is 31.2 Å². The van der Waals surface area contributed by atoms with Gasteiger partial charge >= 0.3 is 0 Å². The van der Waals surface area contributed by atoms with Crippen molar-refractivity contribution >= 4 is 39.8 Å². The van der Waals surface area contributed by atoms with Gasteiger partial charge in [0.05, 0.1) is 24.2 Å². The fraction of sp³-hybridized carbons (Fsp3) is 0.471. The third-order valence-electron chi connectivity index (χ3n) is 3.92. The van der Waals surface area contributed by atoms with Crippen LogP contribution in [0.15, 0.2) is 28.6 Å². The largest absolute Gasteiger partial charge is 0.495 e. The van der Waals surface area contributed by atoms with E-state index in [1.54, 1.807) is 7.11 Å². The predicted octanol–water partition coefficient (Wildman–Crippen LogP) is 3.26. The molecule has 140 valence electrons. The van der Waals surface area contributed by atoms with Crippen LogP contribution < -0.4 is 15.4 Å². The Morgan fingerprint density at radius 3 is 3.08 bits per heavy atom. The first-order valence-electron chi connectivity index (χ1n) is 8.45. The van der Waals surface area contributed by atoms with Gasteiger partial charge in [0, 0.05) is 13.2 Å². The molecule has 0 aliphatic carbocycles. The molecule has 1 fully saturated rings. The lowest BCUT2D eigenvalue weighted by Crippen LogP contribution is -2.22. The average molecular weight is 395 g/mol. The van der Waals surface area contributed by atoms with Crippen LogP contribution in [0.1, 0.15) is 19.8 Å². The van der Waals surface area contributed by atoms with Gasteiger partial charge in [-0.2, -0.15) is 0 Å². The molecule has 9 heteroatoms. The lowest BCUT2D eigenvalue weighted by atomic mass is 10.2. The first-order chi connectivity index (χ1) is 12.7. The van der Waals surface area contributed by atoms with Gasteiger partial charge in [-0.05, 0) is 31.9 Å². The number of methoxy groups -OCH3 is 1. The molecule has 0 radical (unpaired) electrons. The topological polar surface area (TPSA) is 85.4 Å². The zero-order valence-corrected chi connectivity index (χ0v) is 16.4. The Hall–Kier alpha value is -1.84. The number of hydrogen-bond acceptors (Lipinski definition) is 8. The number of ether oxygens (including phenoxy) is 2. The first-order valence-corrected chi connectivity index (χ1v) is 10.1. The highest BCUT2D eigenvalue weighted by Crippen LogP contribution is 2.30. The van der Waals surface area contributed by atoms with Gasteiger partial charge in [0.25, 0.3) is 0 Å². The highest BCUT2D eigenvalue weighted by atomic mass is 32.2. The van der Waals surface area contributed by atoms with Crippen molar-refractivity contribution in [1.82, 2.24) is 10.2 Å². The molecule has 0 unspecified atom stereocenters. The van der Waals surface area contributed by atoms with E-state index in [1.165, 1.54) is 23.1 Å². The summed E-state index contributed by atoms with van der Waals surface area (Å²) in [5.74, 6) is 0.526. The summed E-state index contributed by atoms with van der Waals surface area (Å²) < 4.78 is 11.6. The molecule has 1 aromatic carbocycles. The summed E-state index contributed by atoms with van der Waals surface area (Å²) in [7, 11) is 1.58. The SMILES string of the molecule is COc1ccccc1NC(=O)[C@@H](C)Sc1nnc(NC[C@@H]2CCCO2)s1. The third kappa shape index (κ3) is 5.09. The highest BCUT2D eigenvalue weighted by Gasteiger charge is 2.19. The van der Waals surface area contributed by atoms with Crippen LogP contribution in [-0.4, -0.2) is 47.7 Å². The first kappa shape index (κ1) is 18.9. The summed E-state index contributed by atoms with van der Waals surface area (Å²) in [6.07, 6.45) is 2.44. The van der Waals surface area contributed by atoms with Crippen molar-refractivity contribution in [3.63, 3.8) is 0 Å². The molecule has 0 bridgehead atoms. The molecule has 1 saturated heterocycles. The van der Waals surface area contributed by atoms with Gasteiger partial charge < -0.3 is 20.1 Å². The Balaban J connectivity index is 1.50. The molecule has 2 heterocycles. The minimum atomic E-state index is -0.307. The molecule has 3 rings (SSSR count). The molecule has 0 saturated carbocycles. The van der Waals surface area contributed by atoms with E-state index in [0.717, 1.165) is 35.5 Å². The fourth-order valence-electron chi connectivity index (χ4n) is 2.52. The van der Waals surface area contributed by atoms with E-state index in [9.17, 15) is 4.79 Å². The lowest BCUT2D eigenvalue weighted by molar-refractivity contribution is -0.115. The molecule has 1 aliphatic rings. The molecule has 2 aromatic rings. The maximum Gasteiger partial charge on any atom is 0.237 e. The summed E-state index contributed by atoms with van der Waals surface area (Å²) in [5, 5.41) is 14.9. The summed E-state index contributed by atoms with van der Waals surface area (Å²) in [6, 6.07) is 7.34. The molecule has 1 aliphatic heterocycles. The number of para-hydroxylation sites is 2. The molecular weight excluding hydrogens is 372 g/mol. The third-order valence-corrected chi connectivity index (χ3v) is 5.99. The van der Waals surface area contributed by atoms with E-state index in [4.69, 9.17) is 9.47 Å². The Kier molecular flexibility index (Phi) is 6.70. The maximum absolute atomic E-state index is 12.4.